The molecule has 0 radical (unpaired) electrons. The van der Waals surface area contributed by atoms with Crippen LogP contribution < -0.4 is 11.1 Å². The molecule has 1 aliphatic rings. The van der Waals surface area contributed by atoms with E-state index in [1.54, 1.807) is 0 Å². The van der Waals surface area contributed by atoms with Gasteiger partial charge in [0.25, 0.3) is 0 Å². The molecule has 4 heteroatoms. The molecule has 1 aromatic rings. The maximum Gasteiger partial charge on any atom is 0.136 e. The summed E-state index contributed by atoms with van der Waals surface area (Å²) in [4.78, 5) is 4.90. The van der Waals surface area contributed by atoms with Crippen molar-refractivity contribution in [1.82, 2.24) is 4.98 Å². The van der Waals surface area contributed by atoms with Crippen LogP contribution in [0.3, 0.4) is 0 Å². The summed E-state index contributed by atoms with van der Waals surface area (Å²) < 4.78 is 0. The first kappa shape index (κ1) is 13.3. The summed E-state index contributed by atoms with van der Waals surface area (Å²) in [6.45, 7) is 5.27. The number of nitrogens with zero attached hydrogens (tertiary/aromatic N) is 1. The Bertz CT molecular complexity index is 445. The second kappa shape index (κ2) is 5.65. The summed E-state index contributed by atoms with van der Waals surface area (Å²) in [5.74, 6) is 2.45. The van der Waals surface area contributed by atoms with Crippen molar-refractivity contribution in [3.05, 3.63) is 23.4 Å². The molecule has 2 atom stereocenters. The van der Waals surface area contributed by atoms with Gasteiger partial charge in [0.2, 0.25) is 0 Å². The number of hydrogen-bond donors (Lipinski definition) is 2. The molecule has 2 rings (SSSR count). The minimum absolute atomic E-state index is 0.407. The maximum atomic E-state index is 5.72. The van der Waals surface area contributed by atoms with Crippen molar-refractivity contribution < 1.29 is 0 Å². The molecule has 3 N–H and O–H groups in total. The molecule has 0 aliphatic heterocycles. The molecule has 18 heavy (non-hydrogen) atoms. The Labute approximate surface area is 114 Å². The lowest BCUT2D eigenvalue weighted by atomic mass is 10.1. The lowest BCUT2D eigenvalue weighted by Crippen LogP contribution is -2.18. The molecule has 1 heterocycles. The Morgan fingerprint density at radius 1 is 1.50 bits per heavy atom. The van der Waals surface area contributed by atoms with E-state index in [9.17, 15) is 0 Å². The van der Waals surface area contributed by atoms with Crippen molar-refractivity contribution in [3.63, 3.8) is 0 Å². The van der Waals surface area contributed by atoms with E-state index in [0.29, 0.717) is 4.99 Å². The molecule has 0 amide bonds. The molecule has 0 spiro atoms. The van der Waals surface area contributed by atoms with E-state index >= 15 is 0 Å². The van der Waals surface area contributed by atoms with Crippen molar-refractivity contribution in [2.24, 2.45) is 17.6 Å². The first-order valence-corrected chi connectivity index (χ1v) is 6.98. The minimum atomic E-state index is 0.407. The van der Waals surface area contributed by atoms with Gasteiger partial charge >= 0.3 is 0 Å². The van der Waals surface area contributed by atoms with Gasteiger partial charge in [0.15, 0.2) is 0 Å². The molecule has 1 fully saturated rings. The van der Waals surface area contributed by atoms with E-state index in [1.165, 1.54) is 19.3 Å². The van der Waals surface area contributed by atoms with Crippen molar-refractivity contribution >= 4 is 23.0 Å². The summed E-state index contributed by atoms with van der Waals surface area (Å²) in [5, 5.41) is 3.42. The maximum absolute atomic E-state index is 5.72. The molecule has 0 aromatic carbocycles. The fourth-order valence-electron chi connectivity index (χ4n) is 2.64. The minimum Gasteiger partial charge on any atom is -0.389 e. The van der Waals surface area contributed by atoms with E-state index in [4.69, 9.17) is 18.0 Å². The van der Waals surface area contributed by atoms with Crippen LogP contribution in [-0.4, -0.2) is 16.5 Å². The van der Waals surface area contributed by atoms with Gasteiger partial charge in [-0.25, -0.2) is 4.98 Å². The second-order valence-electron chi connectivity index (χ2n) is 5.38. The number of aromatic nitrogens is 1. The van der Waals surface area contributed by atoms with Crippen LogP contribution in [0.15, 0.2) is 12.1 Å². The van der Waals surface area contributed by atoms with Crippen molar-refractivity contribution in [2.45, 2.75) is 33.1 Å². The van der Waals surface area contributed by atoms with Gasteiger partial charge in [-0.2, -0.15) is 0 Å². The summed E-state index contributed by atoms with van der Waals surface area (Å²) in [6, 6.07) is 3.89. The highest BCUT2D eigenvalue weighted by Gasteiger charge is 2.21. The van der Waals surface area contributed by atoms with Crippen molar-refractivity contribution in [1.29, 1.82) is 0 Å². The van der Waals surface area contributed by atoms with E-state index in [0.717, 1.165) is 35.5 Å². The van der Waals surface area contributed by atoms with Gasteiger partial charge in [0.1, 0.15) is 10.8 Å². The number of nitrogens with two attached hydrogens (primary N) is 1. The van der Waals surface area contributed by atoms with Crippen molar-refractivity contribution in [2.75, 3.05) is 11.9 Å². The van der Waals surface area contributed by atoms with E-state index in [2.05, 4.69) is 17.2 Å². The number of anilines is 1. The lowest BCUT2D eigenvalue weighted by molar-refractivity contribution is 0.536. The average molecular weight is 263 g/mol. The Morgan fingerprint density at radius 2 is 2.28 bits per heavy atom. The summed E-state index contributed by atoms with van der Waals surface area (Å²) >= 11 is 5.06. The molecule has 1 saturated carbocycles. The van der Waals surface area contributed by atoms with Gasteiger partial charge in [0.05, 0.1) is 5.56 Å². The van der Waals surface area contributed by atoms with Crippen LogP contribution in [0.1, 0.15) is 37.4 Å². The predicted molar refractivity (Wildman–Crippen MR) is 79.9 cm³/mol. The molecule has 2 unspecified atom stereocenters. The third-order valence-electron chi connectivity index (χ3n) is 3.66. The Morgan fingerprint density at radius 3 is 2.89 bits per heavy atom. The topological polar surface area (TPSA) is 50.9 Å². The highest BCUT2D eigenvalue weighted by atomic mass is 32.1. The smallest absolute Gasteiger partial charge is 0.136 e. The SMILES string of the molecule is Cc1ccc(C(N)=S)c(NCC2CCC(C)C2)n1. The number of hydrogen-bond acceptors (Lipinski definition) is 3. The van der Waals surface area contributed by atoms with Gasteiger partial charge in [-0.05, 0) is 43.7 Å². The largest absolute Gasteiger partial charge is 0.389 e. The summed E-state index contributed by atoms with van der Waals surface area (Å²) in [7, 11) is 0. The fraction of sp³-hybridized carbons (Fsp3) is 0.571. The van der Waals surface area contributed by atoms with Gasteiger partial charge in [-0.1, -0.05) is 25.6 Å². The molecule has 0 saturated heterocycles. The number of rotatable bonds is 4. The van der Waals surface area contributed by atoms with Gasteiger partial charge in [0, 0.05) is 12.2 Å². The van der Waals surface area contributed by atoms with Crippen LogP contribution in [0.25, 0.3) is 0 Å². The summed E-state index contributed by atoms with van der Waals surface area (Å²) in [5.41, 5.74) is 7.55. The Balaban J connectivity index is 2.04. The number of thiocarbonyl (C=S) groups is 1. The number of pyridine rings is 1. The molecular weight excluding hydrogens is 242 g/mol. The van der Waals surface area contributed by atoms with E-state index in [1.807, 2.05) is 19.1 Å². The molecule has 1 aliphatic carbocycles. The molecule has 0 bridgehead atoms. The fourth-order valence-corrected chi connectivity index (χ4v) is 2.81. The van der Waals surface area contributed by atoms with E-state index < -0.39 is 0 Å². The van der Waals surface area contributed by atoms with Crippen LogP contribution in [-0.2, 0) is 0 Å². The highest BCUT2D eigenvalue weighted by molar-refractivity contribution is 7.80. The van der Waals surface area contributed by atoms with Crippen LogP contribution >= 0.6 is 12.2 Å². The quantitative estimate of drug-likeness (QED) is 0.820. The first-order chi connectivity index (χ1) is 8.56. The second-order valence-corrected chi connectivity index (χ2v) is 5.82. The first-order valence-electron chi connectivity index (χ1n) is 6.57. The molecule has 1 aromatic heterocycles. The van der Waals surface area contributed by atoms with Crippen LogP contribution in [0.2, 0.25) is 0 Å². The number of nitrogens with one attached hydrogen (secondary N) is 1. The van der Waals surface area contributed by atoms with E-state index in [-0.39, 0.29) is 0 Å². The van der Waals surface area contributed by atoms with Crippen LogP contribution in [0.4, 0.5) is 5.82 Å². The van der Waals surface area contributed by atoms with Crippen LogP contribution in [0.5, 0.6) is 0 Å². The molecule has 98 valence electrons. The Kier molecular flexibility index (Phi) is 4.17. The number of aryl methyl sites for hydroxylation is 1. The van der Waals surface area contributed by atoms with Gasteiger partial charge < -0.3 is 11.1 Å². The zero-order valence-electron chi connectivity index (χ0n) is 11.1. The highest BCUT2D eigenvalue weighted by Crippen LogP contribution is 2.30. The standard InChI is InChI=1S/C14H21N3S/c1-9-3-5-11(7-9)8-16-14-12(13(15)18)6-4-10(2)17-14/h4,6,9,11H,3,5,7-8H2,1-2H3,(H2,15,18)(H,16,17). The third-order valence-corrected chi connectivity index (χ3v) is 3.88. The average Bonchev–Trinajstić information content (AvgIpc) is 2.72. The van der Waals surface area contributed by atoms with Crippen LogP contribution in [0, 0.1) is 18.8 Å². The third kappa shape index (κ3) is 3.19. The van der Waals surface area contributed by atoms with Crippen molar-refractivity contribution in [3.8, 4) is 0 Å². The zero-order chi connectivity index (χ0) is 13.1. The molecular formula is C14H21N3S. The predicted octanol–water partition coefficient (Wildman–Crippen LogP) is 2.87. The molecule has 3 nitrogen and oxygen atoms in total. The normalized spacial score (nSPS) is 23.0. The lowest BCUT2D eigenvalue weighted by Gasteiger charge is -2.14. The summed E-state index contributed by atoms with van der Waals surface area (Å²) in [6.07, 6.45) is 3.96. The van der Waals surface area contributed by atoms with Gasteiger partial charge in [-0.3, -0.25) is 0 Å². The van der Waals surface area contributed by atoms with Gasteiger partial charge in [-0.15, -0.1) is 0 Å². The monoisotopic (exact) mass is 263 g/mol. The zero-order valence-corrected chi connectivity index (χ0v) is 11.9. The Hall–Kier alpha value is -1.16.